The number of thiophene rings is 1. The molecule has 2 aromatic heterocycles. The number of aromatic nitrogens is 2. The molecule has 2 aromatic rings. The molecule has 2 aliphatic heterocycles. The molecule has 2 aliphatic rings. The van der Waals surface area contributed by atoms with Crippen molar-refractivity contribution in [3.05, 3.63) is 17.3 Å². The van der Waals surface area contributed by atoms with Gasteiger partial charge >= 0.3 is 0 Å². The van der Waals surface area contributed by atoms with Gasteiger partial charge in [0, 0.05) is 24.9 Å². The zero-order valence-electron chi connectivity index (χ0n) is 13.3. The fraction of sp³-hybridized carbons (Fsp3) is 0.625. The third-order valence-corrected chi connectivity index (χ3v) is 7.78. The van der Waals surface area contributed by atoms with Gasteiger partial charge < -0.3 is 4.90 Å². The van der Waals surface area contributed by atoms with Crippen molar-refractivity contribution in [2.24, 2.45) is 5.41 Å². The van der Waals surface area contributed by atoms with E-state index in [2.05, 4.69) is 28.3 Å². The number of fused-ring (bicyclic) bond motifs is 1. The van der Waals surface area contributed by atoms with Crippen molar-refractivity contribution in [3.63, 3.8) is 0 Å². The molecule has 0 aromatic carbocycles. The Morgan fingerprint density at radius 2 is 2.22 bits per heavy atom. The maximum absolute atomic E-state index is 12.0. The topological polar surface area (TPSA) is 63.2 Å². The molecule has 0 bridgehead atoms. The van der Waals surface area contributed by atoms with Crippen LogP contribution in [0.3, 0.4) is 0 Å². The Kier molecular flexibility index (Phi) is 3.61. The fourth-order valence-corrected chi connectivity index (χ4v) is 6.95. The van der Waals surface area contributed by atoms with Crippen LogP contribution >= 0.6 is 11.3 Å². The second kappa shape index (κ2) is 5.41. The lowest BCUT2D eigenvalue weighted by Gasteiger charge is -2.40. The predicted molar refractivity (Wildman–Crippen MR) is 93.9 cm³/mol. The van der Waals surface area contributed by atoms with Gasteiger partial charge in [-0.25, -0.2) is 18.4 Å². The first-order valence-corrected chi connectivity index (χ1v) is 10.9. The van der Waals surface area contributed by atoms with Crippen molar-refractivity contribution in [2.45, 2.75) is 32.6 Å². The summed E-state index contributed by atoms with van der Waals surface area (Å²) >= 11 is 1.64. The van der Waals surface area contributed by atoms with Crippen molar-refractivity contribution in [3.8, 4) is 0 Å². The van der Waals surface area contributed by atoms with Gasteiger partial charge in [0.05, 0.1) is 16.9 Å². The van der Waals surface area contributed by atoms with Crippen LogP contribution in [0, 0.1) is 5.41 Å². The number of piperidine rings is 1. The number of sulfone groups is 1. The molecule has 1 spiro atoms. The summed E-state index contributed by atoms with van der Waals surface area (Å²) in [6, 6.07) is 2.08. The molecule has 4 heterocycles. The van der Waals surface area contributed by atoms with E-state index in [9.17, 15) is 8.42 Å². The molecule has 2 saturated heterocycles. The van der Waals surface area contributed by atoms with Crippen LogP contribution in [0.5, 0.6) is 0 Å². The molecule has 124 valence electrons. The predicted octanol–water partition coefficient (Wildman–Crippen LogP) is 2.66. The lowest BCUT2D eigenvalue weighted by molar-refractivity contribution is 0.269. The highest BCUT2D eigenvalue weighted by Gasteiger charge is 2.45. The Labute approximate surface area is 140 Å². The molecular weight excluding hydrogens is 330 g/mol. The van der Waals surface area contributed by atoms with E-state index in [1.807, 2.05) is 0 Å². The van der Waals surface area contributed by atoms with Gasteiger partial charge in [-0.2, -0.15) is 0 Å². The molecular formula is C16H21N3O2S2. The molecule has 7 heteroatoms. The van der Waals surface area contributed by atoms with Gasteiger partial charge in [0.2, 0.25) is 0 Å². The molecule has 0 aliphatic carbocycles. The molecule has 5 nitrogen and oxygen atoms in total. The van der Waals surface area contributed by atoms with Crippen LogP contribution < -0.4 is 4.90 Å². The van der Waals surface area contributed by atoms with Crippen LogP contribution in [0.25, 0.3) is 10.2 Å². The minimum Gasteiger partial charge on any atom is -0.355 e. The monoisotopic (exact) mass is 351 g/mol. The van der Waals surface area contributed by atoms with Crippen molar-refractivity contribution in [1.82, 2.24) is 9.97 Å². The van der Waals surface area contributed by atoms with E-state index < -0.39 is 9.84 Å². The Morgan fingerprint density at radius 3 is 2.96 bits per heavy atom. The van der Waals surface area contributed by atoms with Gasteiger partial charge in [-0.15, -0.1) is 11.3 Å². The Bertz CT molecular complexity index is 846. The summed E-state index contributed by atoms with van der Waals surface area (Å²) < 4.78 is 24.0. The van der Waals surface area contributed by atoms with Gasteiger partial charge in [-0.05, 0) is 30.7 Å². The number of aryl methyl sites for hydroxylation is 1. The average molecular weight is 351 g/mol. The lowest BCUT2D eigenvalue weighted by Crippen LogP contribution is -2.44. The number of hydrogen-bond donors (Lipinski definition) is 0. The normalized spacial score (nSPS) is 27.1. The second-order valence-corrected chi connectivity index (χ2v) is 9.90. The maximum atomic E-state index is 12.0. The Balaban J connectivity index is 1.72. The van der Waals surface area contributed by atoms with Crippen LogP contribution in [0.4, 0.5) is 5.82 Å². The SMILES string of the molecule is CCc1nc(N2CCCC3(CCS(=O)(=O)C3)C2)c2ccsc2n1. The van der Waals surface area contributed by atoms with Gasteiger partial charge in [0.1, 0.15) is 16.5 Å². The van der Waals surface area contributed by atoms with Gasteiger partial charge in [-0.1, -0.05) is 6.92 Å². The molecule has 2 fully saturated rings. The summed E-state index contributed by atoms with van der Waals surface area (Å²) in [7, 11) is -2.86. The van der Waals surface area contributed by atoms with E-state index in [0.717, 1.165) is 60.6 Å². The molecule has 1 unspecified atom stereocenters. The Morgan fingerprint density at radius 1 is 1.35 bits per heavy atom. The highest BCUT2D eigenvalue weighted by atomic mass is 32.2. The first-order valence-electron chi connectivity index (χ1n) is 8.20. The van der Waals surface area contributed by atoms with Crippen molar-refractivity contribution in [1.29, 1.82) is 0 Å². The number of hydrogen-bond acceptors (Lipinski definition) is 6. The fourth-order valence-electron chi connectivity index (χ4n) is 3.98. The molecule has 4 rings (SSSR count). The van der Waals surface area contributed by atoms with E-state index in [1.54, 1.807) is 11.3 Å². The molecule has 0 N–H and O–H groups in total. The zero-order chi connectivity index (χ0) is 16.1. The molecule has 1 atom stereocenters. The van der Waals surface area contributed by atoms with E-state index in [-0.39, 0.29) is 5.41 Å². The third kappa shape index (κ3) is 2.74. The van der Waals surface area contributed by atoms with Crippen LogP contribution in [0.2, 0.25) is 0 Å². The van der Waals surface area contributed by atoms with Crippen LogP contribution in [0.1, 0.15) is 32.0 Å². The maximum Gasteiger partial charge on any atom is 0.150 e. The van der Waals surface area contributed by atoms with E-state index in [0.29, 0.717) is 11.5 Å². The first kappa shape index (κ1) is 15.3. The number of nitrogens with zero attached hydrogens (tertiary/aromatic N) is 3. The summed E-state index contributed by atoms with van der Waals surface area (Å²) in [6.45, 7) is 3.82. The standard InChI is InChI=1S/C16H21N3O2S2/c1-2-13-17-14(12-4-8-22-15(12)18-13)19-7-3-5-16(10-19)6-9-23(20,21)11-16/h4,8H,2-3,5-7,9-11H2,1H3. The average Bonchev–Trinajstić information content (AvgIpc) is 3.10. The summed E-state index contributed by atoms with van der Waals surface area (Å²) in [5.74, 6) is 2.55. The Hall–Kier alpha value is -1.21. The smallest absolute Gasteiger partial charge is 0.150 e. The van der Waals surface area contributed by atoms with Crippen molar-refractivity contribution in [2.75, 3.05) is 29.5 Å². The van der Waals surface area contributed by atoms with Crippen molar-refractivity contribution >= 4 is 37.2 Å². The molecule has 0 radical (unpaired) electrons. The minimum atomic E-state index is -2.86. The van der Waals surface area contributed by atoms with Gasteiger partial charge in [-0.3, -0.25) is 0 Å². The molecule has 0 saturated carbocycles. The highest BCUT2D eigenvalue weighted by molar-refractivity contribution is 7.91. The molecule has 0 amide bonds. The highest BCUT2D eigenvalue weighted by Crippen LogP contribution is 2.42. The van der Waals surface area contributed by atoms with Gasteiger partial charge in [0.15, 0.2) is 9.84 Å². The van der Waals surface area contributed by atoms with E-state index in [4.69, 9.17) is 4.98 Å². The quantitative estimate of drug-likeness (QED) is 0.832. The van der Waals surface area contributed by atoms with Crippen LogP contribution in [-0.4, -0.2) is 43.0 Å². The minimum absolute atomic E-state index is 0.0727. The zero-order valence-corrected chi connectivity index (χ0v) is 14.9. The number of rotatable bonds is 2. The second-order valence-electron chi connectivity index (χ2n) is 6.82. The van der Waals surface area contributed by atoms with Crippen molar-refractivity contribution < 1.29 is 8.42 Å². The first-order chi connectivity index (χ1) is 11.0. The van der Waals surface area contributed by atoms with E-state index in [1.165, 1.54) is 0 Å². The van der Waals surface area contributed by atoms with Crippen LogP contribution in [-0.2, 0) is 16.3 Å². The summed E-state index contributed by atoms with van der Waals surface area (Å²) in [4.78, 5) is 12.7. The summed E-state index contributed by atoms with van der Waals surface area (Å²) in [5.41, 5.74) is -0.0727. The van der Waals surface area contributed by atoms with Crippen LogP contribution in [0.15, 0.2) is 11.4 Å². The summed E-state index contributed by atoms with van der Waals surface area (Å²) in [6.07, 6.45) is 3.66. The molecule has 23 heavy (non-hydrogen) atoms. The summed E-state index contributed by atoms with van der Waals surface area (Å²) in [5, 5.41) is 3.16. The largest absolute Gasteiger partial charge is 0.355 e. The van der Waals surface area contributed by atoms with Gasteiger partial charge in [0.25, 0.3) is 0 Å². The third-order valence-electron chi connectivity index (χ3n) is 5.10. The van der Waals surface area contributed by atoms with E-state index >= 15 is 0 Å². The lowest BCUT2D eigenvalue weighted by atomic mass is 9.79. The number of anilines is 1.